The molecule has 1 atom stereocenters. The van der Waals surface area contributed by atoms with Crippen molar-refractivity contribution >= 4 is 23.4 Å². The zero-order chi connectivity index (χ0) is 26.6. The number of para-hydroxylation sites is 1. The van der Waals surface area contributed by atoms with Crippen LogP contribution in [0.3, 0.4) is 0 Å². The average Bonchev–Trinajstić information content (AvgIpc) is 3.10. The van der Waals surface area contributed by atoms with Crippen LogP contribution in [0.2, 0.25) is 0 Å². The van der Waals surface area contributed by atoms with Gasteiger partial charge in [0.15, 0.2) is 0 Å². The molecule has 2 aliphatic heterocycles. The molecule has 1 aromatic rings. The molecular weight excluding hydrogens is 464 g/mol. The Hall–Kier alpha value is -2.57. The van der Waals surface area contributed by atoms with Crippen molar-refractivity contribution in [2.45, 2.75) is 97.1 Å². The van der Waals surface area contributed by atoms with Crippen LogP contribution in [0.25, 0.3) is 0 Å². The zero-order valence-corrected chi connectivity index (χ0v) is 23.3. The number of nitrogens with zero attached hydrogens (tertiary/aromatic N) is 3. The quantitative estimate of drug-likeness (QED) is 0.583. The minimum absolute atomic E-state index is 0.0170. The summed E-state index contributed by atoms with van der Waals surface area (Å²) < 4.78 is 0. The maximum atomic E-state index is 13.9. The van der Waals surface area contributed by atoms with Gasteiger partial charge in [0.05, 0.1) is 6.67 Å². The molecule has 1 unspecified atom stereocenters. The summed E-state index contributed by atoms with van der Waals surface area (Å²) in [4.78, 5) is 45.7. The third-order valence-corrected chi connectivity index (χ3v) is 8.31. The van der Waals surface area contributed by atoms with Crippen LogP contribution in [-0.4, -0.2) is 65.4 Å². The number of nitrogens with one attached hydrogen (secondary N) is 1. The van der Waals surface area contributed by atoms with Gasteiger partial charge < -0.3 is 20.0 Å². The predicted molar refractivity (Wildman–Crippen MR) is 147 cm³/mol. The van der Waals surface area contributed by atoms with Crippen LogP contribution in [-0.2, 0) is 14.4 Å². The van der Waals surface area contributed by atoms with Crippen LogP contribution in [0.15, 0.2) is 30.3 Å². The smallest absolute Gasteiger partial charge is 0.250 e. The molecule has 1 saturated carbocycles. The van der Waals surface area contributed by atoms with Crippen molar-refractivity contribution in [3.05, 3.63) is 30.3 Å². The normalized spacial score (nSPS) is 21.4. The topological polar surface area (TPSA) is 73.0 Å². The summed E-state index contributed by atoms with van der Waals surface area (Å²) in [6, 6.07) is 10.2. The lowest BCUT2D eigenvalue weighted by atomic mass is 9.83. The van der Waals surface area contributed by atoms with E-state index in [-0.39, 0.29) is 35.7 Å². The van der Waals surface area contributed by atoms with Gasteiger partial charge in [-0.25, -0.2) is 0 Å². The summed E-state index contributed by atoms with van der Waals surface area (Å²) in [5, 5.41) is 3.16. The third-order valence-electron chi connectivity index (χ3n) is 8.31. The van der Waals surface area contributed by atoms with Crippen molar-refractivity contribution in [3.8, 4) is 0 Å². The van der Waals surface area contributed by atoms with Crippen molar-refractivity contribution in [2.75, 3.05) is 31.2 Å². The lowest BCUT2D eigenvalue weighted by Gasteiger charge is -2.43. The van der Waals surface area contributed by atoms with Gasteiger partial charge >= 0.3 is 0 Å². The van der Waals surface area contributed by atoms with Gasteiger partial charge in [0.2, 0.25) is 11.8 Å². The first-order chi connectivity index (χ1) is 17.6. The number of hydrogen-bond acceptors (Lipinski definition) is 4. The average molecular weight is 511 g/mol. The summed E-state index contributed by atoms with van der Waals surface area (Å²) in [5.41, 5.74) is 0.482. The van der Waals surface area contributed by atoms with E-state index >= 15 is 0 Å². The Morgan fingerprint density at radius 1 is 1.05 bits per heavy atom. The van der Waals surface area contributed by atoms with E-state index in [1.807, 2.05) is 35.2 Å². The molecule has 1 aliphatic carbocycles. The zero-order valence-electron chi connectivity index (χ0n) is 23.3. The van der Waals surface area contributed by atoms with E-state index in [9.17, 15) is 14.4 Å². The van der Waals surface area contributed by atoms with E-state index < -0.39 is 5.54 Å². The minimum Gasteiger partial charge on any atom is -0.352 e. The summed E-state index contributed by atoms with van der Waals surface area (Å²) >= 11 is 0. The number of benzene rings is 1. The molecule has 0 radical (unpaired) electrons. The molecule has 1 aromatic carbocycles. The molecule has 3 aliphatic rings. The molecule has 2 heterocycles. The van der Waals surface area contributed by atoms with Gasteiger partial charge in [0, 0.05) is 31.2 Å². The molecule has 2 saturated heterocycles. The second-order valence-electron chi connectivity index (χ2n) is 12.8. The first kappa shape index (κ1) is 27.5. The van der Waals surface area contributed by atoms with Crippen LogP contribution in [0.4, 0.5) is 5.69 Å². The molecule has 1 N–H and O–H groups in total. The van der Waals surface area contributed by atoms with Crippen molar-refractivity contribution in [2.24, 2.45) is 11.3 Å². The summed E-state index contributed by atoms with van der Waals surface area (Å²) in [7, 11) is 0. The third kappa shape index (κ3) is 6.66. The van der Waals surface area contributed by atoms with E-state index in [4.69, 9.17) is 0 Å². The highest BCUT2D eigenvalue weighted by Crippen LogP contribution is 2.40. The van der Waals surface area contributed by atoms with Gasteiger partial charge in [0.25, 0.3) is 5.91 Å². The van der Waals surface area contributed by atoms with Gasteiger partial charge in [0.1, 0.15) is 12.1 Å². The molecule has 7 heteroatoms. The molecular formula is C30H46N4O3. The van der Waals surface area contributed by atoms with E-state index in [2.05, 4.69) is 37.9 Å². The van der Waals surface area contributed by atoms with Gasteiger partial charge in [-0.2, -0.15) is 0 Å². The number of hydrogen-bond donors (Lipinski definition) is 1. The molecule has 3 fully saturated rings. The van der Waals surface area contributed by atoms with Crippen LogP contribution in [0.5, 0.6) is 0 Å². The Labute approximate surface area is 222 Å². The fraction of sp³-hybridized carbons (Fsp3) is 0.700. The molecule has 1 spiro atoms. The number of piperidine rings is 1. The largest absolute Gasteiger partial charge is 0.352 e. The fourth-order valence-corrected chi connectivity index (χ4v) is 6.69. The highest BCUT2D eigenvalue weighted by Gasteiger charge is 2.54. The van der Waals surface area contributed by atoms with Gasteiger partial charge in [-0.1, -0.05) is 65.2 Å². The van der Waals surface area contributed by atoms with Crippen LogP contribution in [0, 0.1) is 11.3 Å². The number of carbonyl (C=O) groups is 3. The van der Waals surface area contributed by atoms with E-state index in [0.717, 1.165) is 37.8 Å². The van der Waals surface area contributed by atoms with E-state index in [1.165, 1.54) is 6.42 Å². The van der Waals surface area contributed by atoms with Gasteiger partial charge in [-0.05, 0) is 55.6 Å². The Bertz CT molecular complexity index is 943. The SMILES string of the molecule is CC(CC(=O)N1CCC2(CC1)C(=O)N(CC(=O)NC1CCCCC1)CN2c1ccccc1)CC(C)(C)C. The molecule has 4 rings (SSSR count). The fourth-order valence-electron chi connectivity index (χ4n) is 6.69. The Balaban J connectivity index is 1.43. The molecule has 0 aromatic heterocycles. The van der Waals surface area contributed by atoms with Crippen molar-refractivity contribution in [3.63, 3.8) is 0 Å². The van der Waals surface area contributed by atoms with Crippen LogP contribution in [0.1, 0.15) is 85.5 Å². The molecule has 3 amide bonds. The van der Waals surface area contributed by atoms with E-state index in [0.29, 0.717) is 44.9 Å². The van der Waals surface area contributed by atoms with E-state index in [1.54, 1.807) is 4.90 Å². The molecule has 0 bridgehead atoms. The number of rotatable bonds is 7. The Morgan fingerprint density at radius 2 is 1.70 bits per heavy atom. The van der Waals surface area contributed by atoms with Crippen molar-refractivity contribution in [1.29, 1.82) is 0 Å². The number of anilines is 1. The molecule has 37 heavy (non-hydrogen) atoms. The minimum atomic E-state index is -0.708. The second-order valence-corrected chi connectivity index (χ2v) is 12.8. The number of amides is 3. The first-order valence-corrected chi connectivity index (χ1v) is 14.3. The lowest BCUT2D eigenvalue weighted by molar-refractivity contribution is -0.140. The number of carbonyl (C=O) groups excluding carboxylic acids is 3. The standard InChI is InChI=1S/C30H46N4O3/c1-23(20-29(2,3)4)19-27(36)32-17-15-30(16-18-32)28(37)33(22-34(30)25-13-9-6-10-14-25)21-26(35)31-24-11-7-5-8-12-24/h6,9-10,13-14,23-24H,5,7-8,11-12,15-22H2,1-4H3,(H,31,35). The summed E-state index contributed by atoms with van der Waals surface area (Å²) in [5.74, 6) is 0.469. The van der Waals surface area contributed by atoms with Crippen molar-refractivity contribution < 1.29 is 14.4 Å². The lowest BCUT2D eigenvalue weighted by Crippen LogP contribution is -2.57. The Morgan fingerprint density at radius 3 is 2.32 bits per heavy atom. The maximum Gasteiger partial charge on any atom is 0.250 e. The second kappa shape index (κ2) is 11.4. The summed E-state index contributed by atoms with van der Waals surface area (Å²) in [6.07, 6.45) is 8.33. The predicted octanol–water partition coefficient (Wildman–Crippen LogP) is 4.57. The highest BCUT2D eigenvalue weighted by molar-refractivity contribution is 5.96. The van der Waals surface area contributed by atoms with Gasteiger partial charge in [-0.15, -0.1) is 0 Å². The monoisotopic (exact) mass is 510 g/mol. The molecule has 204 valence electrons. The Kier molecular flexibility index (Phi) is 8.49. The van der Waals surface area contributed by atoms with Crippen LogP contribution >= 0.6 is 0 Å². The first-order valence-electron chi connectivity index (χ1n) is 14.3. The molecule has 7 nitrogen and oxygen atoms in total. The van der Waals surface area contributed by atoms with Gasteiger partial charge in [-0.3, -0.25) is 14.4 Å². The highest BCUT2D eigenvalue weighted by atomic mass is 16.2. The summed E-state index contributed by atoms with van der Waals surface area (Å²) in [6.45, 7) is 10.4. The van der Waals surface area contributed by atoms with Crippen molar-refractivity contribution in [1.82, 2.24) is 15.1 Å². The van der Waals surface area contributed by atoms with Crippen LogP contribution < -0.4 is 10.2 Å². The number of likely N-dealkylation sites (tertiary alicyclic amines) is 1. The maximum absolute atomic E-state index is 13.9.